The van der Waals surface area contributed by atoms with E-state index in [9.17, 15) is 0 Å². The standard InChI is InChI=1S/C18H29N3/c1-15(19-2)16-7-6-12-20-17(16)21-13-10-18(11-14-21)8-4-3-5-9-18/h6-7,12,15,19H,3-5,8-11,13-14H2,1-2H3. The number of rotatable bonds is 3. The molecule has 3 nitrogen and oxygen atoms in total. The molecular weight excluding hydrogens is 258 g/mol. The van der Waals surface area contributed by atoms with E-state index in [1.807, 2.05) is 13.2 Å². The highest BCUT2D eigenvalue weighted by molar-refractivity contribution is 5.48. The second-order valence-corrected chi connectivity index (χ2v) is 6.97. The molecule has 1 aromatic rings. The number of aromatic nitrogens is 1. The fourth-order valence-electron chi connectivity index (χ4n) is 4.16. The maximum absolute atomic E-state index is 4.69. The predicted octanol–water partition coefficient (Wildman–Crippen LogP) is 3.91. The van der Waals surface area contributed by atoms with Gasteiger partial charge in [-0.1, -0.05) is 25.3 Å². The first kappa shape index (κ1) is 14.8. The van der Waals surface area contributed by atoms with Crippen LogP contribution in [0.15, 0.2) is 18.3 Å². The summed E-state index contributed by atoms with van der Waals surface area (Å²) in [6.45, 7) is 4.58. The van der Waals surface area contributed by atoms with Crippen molar-refractivity contribution in [1.82, 2.24) is 10.3 Å². The molecule has 1 atom stereocenters. The zero-order valence-electron chi connectivity index (χ0n) is 13.6. The minimum absolute atomic E-state index is 0.360. The Morgan fingerprint density at radius 2 is 1.86 bits per heavy atom. The molecule has 1 spiro atoms. The summed E-state index contributed by atoms with van der Waals surface area (Å²) in [7, 11) is 2.02. The van der Waals surface area contributed by atoms with Crippen molar-refractivity contribution < 1.29 is 0 Å². The minimum Gasteiger partial charge on any atom is -0.356 e. The smallest absolute Gasteiger partial charge is 0.133 e. The van der Waals surface area contributed by atoms with E-state index >= 15 is 0 Å². The van der Waals surface area contributed by atoms with Crippen LogP contribution in [0.1, 0.15) is 63.5 Å². The van der Waals surface area contributed by atoms with Crippen LogP contribution in [0.2, 0.25) is 0 Å². The normalized spacial score (nSPS) is 23.2. The van der Waals surface area contributed by atoms with Crippen LogP contribution in [-0.2, 0) is 0 Å². The van der Waals surface area contributed by atoms with Crippen molar-refractivity contribution in [2.45, 2.75) is 57.9 Å². The first-order valence-corrected chi connectivity index (χ1v) is 8.61. The van der Waals surface area contributed by atoms with Crippen molar-refractivity contribution >= 4 is 5.82 Å². The van der Waals surface area contributed by atoms with Crippen molar-refractivity contribution in [2.24, 2.45) is 5.41 Å². The molecule has 1 N–H and O–H groups in total. The van der Waals surface area contributed by atoms with Gasteiger partial charge in [-0.25, -0.2) is 4.98 Å². The van der Waals surface area contributed by atoms with E-state index < -0.39 is 0 Å². The number of anilines is 1. The third kappa shape index (κ3) is 3.08. The highest BCUT2D eigenvalue weighted by Crippen LogP contribution is 2.45. The van der Waals surface area contributed by atoms with E-state index in [0.29, 0.717) is 11.5 Å². The number of pyridine rings is 1. The van der Waals surface area contributed by atoms with Gasteiger partial charge in [-0.3, -0.25) is 0 Å². The maximum atomic E-state index is 4.69. The largest absolute Gasteiger partial charge is 0.356 e. The molecule has 2 heterocycles. The van der Waals surface area contributed by atoms with Gasteiger partial charge in [0, 0.05) is 30.9 Å². The molecule has 1 unspecified atom stereocenters. The van der Waals surface area contributed by atoms with Gasteiger partial charge in [-0.2, -0.15) is 0 Å². The van der Waals surface area contributed by atoms with Crippen molar-refractivity contribution in [1.29, 1.82) is 0 Å². The molecule has 0 bridgehead atoms. The van der Waals surface area contributed by atoms with Crippen LogP contribution in [0.4, 0.5) is 5.82 Å². The minimum atomic E-state index is 0.360. The van der Waals surface area contributed by atoms with Gasteiger partial charge >= 0.3 is 0 Å². The summed E-state index contributed by atoms with van der Waals surface area (Å²) in [4.78, 5) is 7.21. The molecule has 0 amide bonds. The molecule has 21 heavy (non-hydrogen) atoms. The SMILES string of the molecule is CNC(C)c1cccnc1N1CCC2(CCCCC2)CC1. The highest BCUT2D eigenvalue weighted by atomic mass is 15.2. The molecular formula is C18H29N3. The number of nitrogens with zero attached hydrogens (tertiary/aromatic N) is 2. The Bertz CT molecular complexity index is 455. The quantitative estimate of drug-likeness (QED) is 0.913. The van der Waals surface area contributed by atoms with Crippen LogP contribution in [0.5, 0.6) is 0 Å². The van der Waals surface area contributed by atoms with Gasteiger partial charge in [0.25, 0.3) is 0 Å². The Morgan fingerprint density at radius 3 is 2.52 bits per heavy atom. The lowest BCUT2D eigenvalue weighted by Gasteiger charge is -2.45. The van der Waals surface area contributed by atoms with Crippen LogP contribution >= 0.6 is 0 Å². The Hall–Kier alpha value is -1.09. The average molecular weight is 287 g/mol. The second-order valence-electron chi connectivity index (χ2n) is 6.97. The molecule has 0 aromatic carbocycles. The van der Waals surface area contributed by atoms with Gasteiger partial charge in [0.15, 0.2) is 0 Å². The lowest BCUT2D eigenvalue weighted by atomic mass is 9.68. The van der Waals surface area contributed by atoms with Gasteiger partial charge in [-0.05, 0) is 51.1 Å². The molecule has 2 fully saturated rings. The first-order valence-electron chi connectivity index (χ1n) is 8.61. The summed E-state index contributed by atoms with van der Waals surface area (Å²) in [5.41, 5.74) is 2.00. The third-order valence-corrected chi connectivity index (χ3v) is 5.75. The predicted molar refractivity (Wildman–Crippen MR) is 88.7 cm³/mol. The summed E-state index contributed by atoms with van der Waals surface area (Å²) in [5, 5.41) is 3.35. The van der Waals surface area contributed by atoms with E-state index in [1.54, 1.807) is 0 Å². The van der Waals surface area contributed by atoms with Crippen LogP contribution in [0.3, 0.4) is 0 Å². The third-order valence-electron chi connectivity index (χ3n) is 5.75. The molecule has 1 saturated carbocycles. The lowest BCUT2D eigenvalue weighted by Crippen LogP contribution is -2.42. The highest BCUT2D eigenvalue weighted by Gasteiger charge is 2.36. The lowest BCUT2D eigenvalue weighted by molar-refractivity contribution is 0.144. The van der Waals surface area contributed by atoms with Crippen LogP contribution in [0.25, 0.3) is 0 Å². The van der Waals surface area contributed by atoms with Gasteiger partial charge < -0.3 is 10.2 Å². The van der Waals surface area contributed by atoms with Gasteiger partial charge in [0.1, 0.15) is 5.82 Å². The van der Waals surface area contributed by atoms with E-state index in [-0.39, 0.29) is 0 Å². The Balaban J connectivity index is 1.72. The number of piperidine rings is 1. The summed E-state index contributed by atoms with van der Waals surface area (Å²) < 4.78 is 0. The molecule has 1 saturated heterocycles. The van der Waals surface area contributed by atoms with E-state index in [2.05, 4.69) is 29.3 Å². The van der Waals surface area contributed by atoms with Crippen molar-refractivity contribution in [3.8, 4) is 0 Å². The topological polar surface area (TPSA) is 28.2 Å². The first-order chi connectivity index (χ1) is 10.2. The average Bonchev–Trinajstić information content (AvgIpc) is 2.56. The zero-order chi connectivity index (χ0) is 14.7. The van der Waals surface area contributed by atoms with Crippen molar-refractivity contribution in [3.63, 3.8) is 0 Å². The number of nitrogens with one attached hydrogen (secondary N) is 1. The van der Waals surface area contributed by atoms with E-state index in [4.69, 9.17) is 4.98 Å². The Morgan fingerprint density at radius 1 is 1.14 bits per heavy atom. The summed E-state index contributed by atoms with van der Waals surface area (Å²) in [6.07, 6.45) is 11.9. The van der Waals surface area contributed by atoms with E-state index in [1.165, 1.54) is 69.4 Å². The molecule has 3 heteroatoms. The van der Waals surface area contributed by atoms with E-state index in [0.717, 1.165) is 0 Å². The monoisotopic (exact) mass is 287 g/mol. The molecule has 116 valence electrons. The van der Waals surface area contributed by atoms with Crippen molar-refractivity contribution in [3.05, 3.63) is 23.9 Å². The van der Waals surface area contributed by atoms with Gasteiger partial charge in [0.2, 0.25) is 0 Å². The van der Waals surface area contributed by atoms with Crippen LogP contribution < -0.4 is 10.2 Å². The fourth-order valence-corrected chi connectivity index (χ4v) is 4.16. The second kappa shape index (κ2) is 6.35. The van der Waals surface area contributed by atoms with Crippen LogP contribution in [0, 0.1) is 5.41 Å². The molecule has 3 rings (SSSR count). The molecule has 2 aliphatic rings. The van der Waals surface area contributed by atoms with Gasteiger partial charge in [-0.15, -0.1) is 0 Å². The van der Waals surface area contributed by atoms with Crippen LogP contribution in [-0.4, -0.2) is 25.1 Å². The summed E-state index contributed by atoms with van der Waals surface area (Å²) >= 11 is 0. The molecule has 1 aliphatic carbocycles. The Kier molecular flexibility index (Phi) is 4.48. The number of hydrogen-bond acceptors (Lipinski definition) is 3. The van der Waals surface area contributed by atoms with Gasteiger partial charge in [0.05, 0.1) is 0 Å². The molecule has 1 aromatic heterocycles. The van der Waals surface area contributed by atoms with Crippen molar-refractivity contribution in [2.75, 3.05) is 25.0 Å². The molecule has 1 aliphatic heterocycles. The fraction of sp³-hybridized carbons (Fsp3) is 0.722. The summed E-state index contributed by atoms with van der Waals surface area (Å²) in [6, 6.07) is 4.63. The zero-order valence-corrected chi connectivity index (χ0v) is 13.6. The number of hydrogen-bond donors (Lipinski definition) is 1. The molecule has 0 radical (unpaired) electrons. The maximum Gasteiger partial charge on any atom is 0.133 e. The Labute approximate surface area is 129 Å². The summed E-state index contributed by atoms with van der Waals surface area (Å²) in [5.74, 6) is 1.20.